The zero-order chi connectivity index (χ0) is 22.3. The highest BCUT2D eigenvalue weighted by atomic mass is 28.3. The molecule has 158 valence electrons. The Morgan fingerprint density at radius 2 is 1.35 bits per heavy atom. The van der Waals surface area contributed by atoms with E-state index in [-0.39, 0.29) is 5.91 Å². The number of allylic oxidation sites excluding steroid dienone is 2. The Morgan fingerprint density at radius 1 is 0.806 bits per heavy atom. The van der Waals surface area contributed by atoms with Gasteiger partial charge in [0, 0.05) is 6.92 Å². The summed E-state index contributed by atoms with van der Waals surface area (Å²) in [6.45, 7) is 9.09. The first-order valence-electron chi connectivity index (χ1n) is 10.7. The largest absolute Gasteiger partial charge is 0.308 e. The molecular formula is C28H31NOSi. The molecule has 2 nitrogen and oxygen atoms in total. The normalized spacial score (nSPS) is 12.2. The summed E-state index contributed by atoms with van der Waals surface area (Å²) in [6, 6.07) is 29.0. The van der Waals surface area contributed by atoms with Crippen molar-refractivity contribution >= 4 is 19.7 Å². The van der Waals surface area contributed by atoms with E-state index in [1.165, 1.54) is 11.1 Å². The minimum absolute atomic E-state index is 0.0312. The molecule has 0 radical (unpaired) electrons. The van der Waals surface area contributed by atoms with Gasteiger partial charge in [0.2, 0.25) is 5.91 Å². The summed E-state index contributed by atoms with van der Waals surface area (Å²) in [5, 5.41) is 0. The zero-order valence-electron chi connectivity index (χ0n) is 18.9. The fourth-order valence-corrected chi connectivity index (χ4v) is 4.04. The van der Waals surface area contributed by atoms with E-state index in [1.54, 1.807) is 6.92 Å². The third-order valence-corrected chi connectivity index (χ3v) is 6.18. The van der Waals surface area contributed by atoms with Gasteiger partial charge in [-0.25, -0.2) is 0 Å². The maximum absolute atomic E-state index is 12.7. The summed E-state index contributed by atoms with van der Waals surface area (Å²) >= 11 is 0. The van der Waals surface area contributed by atoms with E-state index in [2.05, 4.69) is 86.0 Å². The van der Waals surface area contributed by atoms with Crippen LogP contribution in [-0.4, -0.2) is 18.9 Å². The minimum Gasteiger partial charge on any atom is -0.308 e. The standard InChI is InChI=1S/C28H31NOSi/c1-23(30)29(22-24-12-7-5-8-13-24)28(16-11-21-31(2,3)4)27-19-17-26(18-20-27)25-14-9-6-10-15-25/h5-21H,22H2,1-4H3/b21-11+,28-16-. The van der Waals surface area contributed by atoms with Gasteiger partial charge in [-0.3, -0.25) is 4.79 Å². The van der Waals surface area contributed by atoms with Gasteiger partial charge in [-0.1, -0.05) is 116 Å². The lowest BCUT2D eigenvalue weighted by atomic mass is 10.0. The molecular weight excluding hydrogens is 394 g/mol. The Labute approximate surface area is 187 Å². The molecule has 0 atom stereocenters. The smallest absolute Gasteiger partial charge is 0.224 e. The fraction of sp³-hybridized carbons (Fsp3) is 0.179. The van der Waals surface area contributed by atoms with Crippen molar-refractivity contribution in [3.8, 4) is 11.1 Å². The summed E-state index contributed by atoms with van der Waals surface area (Å²) in [4.78, 5) is 14.5. The molecule has 0 saturated carbocycles. The van der Waals surface area contributed by atoms with Crippen LogP contribution in [0.15, 0.2) is 103 Å². The van der Waals surface area contributed by atoms with E-state index in [0.29, 0.717) is 6.54 Å². The van der Waals surface area contributed by atoms with Crippen molar-refractivity contribution < 1.29 is 4.79 Å². The number of benzene rings is 3. The number of amides is 1. The predicted molar refractivity (Wildman–Crippen MR) is 135 cm³/mol. The number of carbonyl (C=O) groups excluding carboxylic acids is 1. The lowest BCUT2D eigenvalue weighted by molar-refractivity contribution is -0.126. The van der Waals surface area contributed by atoms with Gasteiger partial charge >= 0.3 is 0 Å². The number of carbonyl (C=O) groups is 1. The second kappa shape index (κ2) is 10.2. The highest BCUT2D eigenvalue weighted by Crippen LogP contribution is 2.26. The van der Waals surface area contributed by atoms with Crippen LogP contribution in [0.3, 0.4) is 0 Å². The topological polar surface area (TPSA) is 20.3 Å². The van der Waals surface area contributed by atoms with E-state index in [0.717, 1.165) is 16.8 Å². The Morgan fingerprint density at radius 3 is 1.90 bits per heavy atom. The van der Waals surface area contributed by atoms with E-state index in [1.807, 2.05) is 41.3 Å². The van der Waals surface area contributed by atoms with Gasteiger partial charge in [-0.05, 0) is 28.3 Å². The van der Waals surface area contributed by atoms with E-state index < -0.39 is 8.07 Å². The highest BCUT2D eigenvalue weighted by molar-refractivity contribution is 6.81. The van der Waals surface area contributed by atoms with Gasteiger partial charge in [-0.15, -0.1) is 0 Å². The van der Waals surface area contributed by atoms with Crippen molar-refractivity contribution in [2.24, 2.45) is 0 Å². The van der Waals surface area contributed by atoms with Gasteiger partial charge in [0.1, 0.15) is 0 Å². The quantitative estimate of drug-likeness (QED) is 0.290. The van der Waals surface area contributed by atoms with Crippen molar-refractivity contribution in [3.05, 3.63) is 114 Å². The second-order valence-corrected chi connectivity index (χ2v) is 13.9. The molecule has 0 aliphatic heterocycles. The van der Waals surface area contributed by atoms with Crippen LogP contribution in [0.4, 0.5) is 0 Å². The van der Waals surface area contributed by atoms with Gasteiger partial charge in [0.05, 0.1) is 20.3 Å². The highest BCUT2D eigenvalue weighted by Gasteiger charge is 2.17. The van der Waals surface area contributed by atoms with E-state index in [9.17, 15) is 4.79 Å². The van der Waals surface area contributed by atoms with Crippen LogP contribution < -0.4 is 0 Å². The Kier molecular flexibility index (Phi) is 7.43. The Balaban J connectivity index is 1.99. The van der Waals surface area contributed by atoms with Crippen molar-refractivity contribution in [1.29, 1.82) is 0 Å². The number of nitrogens with zero attached hydrogens (tertiary/aromatic N) is 1. The monoisotopic (exact) mass is 425 g/mol. The minimum atomic E-state index is -1.34. The predicted octanol–water partition coefficient (Wildman–Crippen LogP) is 7.18. The molecule has 0 aromatic heterocycles. The first kappa shape index (κ1) is 22.5. The molecule has 0 aliphatic carbocycles. The average Bonchev–Trinajstić information content (AvgIpc) is 2.76. The van der Waals surface area contributed by atoms with Crippen molar-refractivity contribution in [2.75, 3.05) is 0 Å². The summed E-state index contributed by atoms with van der Waals surface area (Å²) < 4.78 is 0. The van der Waals surface area contributed by atoms with Crippen LogP contribution in [0.2, 0.25) is 19.6 Å². The third kappa shape index (κ3) is 6.66. The SMILES string of the molecule is CC(=O)N(Cc1ccccc1)/C(=C\C=C\[Si](C)(C)C)c1ccc(-c2ccccc2)cc1. The maximum atomic E-state index is 12.7. The molecule has 3 aromatic carbocycles. The molecule has 31 heavy (non-hydrogen) atoms. The van der Waals surface area contributed by atoms with Crippen LogP contribution in [0, 0.1) is 0 Å². The number of hydrogen-bond acceptors (Lipinski definition) is 1. The molecule has 0 heterocycles. The van der Waals surface area contributed by atoms with Crippen molar-refractivity contribution in [3.63, 3.8) is 0 Å². The van der Waals surface area contributed by atoms with Crippen molar-refractivity contribution in [2.45, 2.75) is 33.1 Å². The summed E-state index contributed by atoms with van der Waals surface area (Å²) in [5.74, 6) is 0.0312. The van der Waals surface area contributed by atoms with Gasteiger partial charge in [0.15, 0.2) is 0 Å². The van der Waals surface area contributed by atoms with Crippen LogP contribution in [0.5, 0.6) is 0 Å². The molecule has 0 saturated heterocycles. The van der Waals surface area contributed by atoms with E-state index >= 15 is 0 Å². The molecule has 1 amide bonds. The van der Waals surface area contributed by atoms with Gasteiger partial charge in [0.25, 0.3) is 0 Å². The van der Waals surface area contributed by atoms with Crippen molar-refractivity contribution in [1.82, 2.24) is 4.90 Å². The van der Waals surface area contributed by atoms with Gasteiger partial charge < -0.3 is 4.90 Å². The maximum Gasteiger partial charge on any atom is 0.224 e. The summed E-state index contributed by atoms with van der Waals surface area (Å²) in [7, 11) is -1.34. The van der Waals surface area contributed by atoms with Crippen LogP contribution in [0.1, 0.15) is 18.1 Å². The van der Waals surface area contributed by atoms with Crippen LogP contribution in [0.25, 0.3) is 16.8 Å². The average molecular weight is 426 g/mol. The first-order chi connectivity index (χ1) is 14.8. The second-order valence-electron chi connectivity index (χ2n) is 8.81. The van der Waals surface area contributed by atoms with Gasteiger partial charge in [-0.2, -0.15) is 0 Å². The molecule has 3 heteroatoms. The lowest BCUT2D eigenvalue weighted by Crippen LogP contribution is -2.26. The fourth-order valence-electron chi connectivity index (χ4n) is 3.37. The molecule has 3 aromatic rings. The molecule has 0 aliphatic rings. The lowest BCUT2D eigenvalue weighted by Gasteiger charge is -2.25. The van der Waals surface area contributed by atoms with E-state index in [4.69, 9.17) is 0 Å². The molecule has 0 N–H and O–H groups in total. The molecule has 3 rings (SSSR count). The Bertz CT molecular complexity index is 1050. The Hall–Kier alpha value is -3.17. The number of hydrogen-bond donors (Lipinski definition) is 0. The molecule has 0 spiro atoms. The number of rotatable bonds is 7. The molecule has 0 bridgehead atoms. The third-order valence-electron chi connectivity index (χ3n) is 4.99. The van der Waals surface area contributed by atoms with Crippen LogP contribution in [-0.2, 0) is 11.3 Å². The first-order valence-corrected chi connectivity index (χ1v) is 14.3. The zero-order valence-corrected chi connectivity index (χ0v) is 19.9. The summed E-state index contributed by atoms with van der Waals surface area (Å²) in [6.07, 6.45) is 4.20. The van der Waals surface area contributed by atoms with Crippen LogP contribution >= 0.6 is 0 Å². The molecule has 0 fully saturated rings. The summed E-state index contributed by atoms with van der Waals surface area (Å²) in [5.41, 5.74) is 7.71. The molecule has 0 unspecified atom stereocenters.